The van der Waals surface area contributed by atoms with Crippen molar-refractivity contribution < 1.29 is 5.11 Å². The van der Waals surface area contributed by atoms with Crippen LogP contribution in [0.2, 0.25) is 0 Å². The summed E-state index contributed by atoms with van der Waals surface area (Å²) < 4.78 is 0. The first-order valence-corrected chi connectivity index (χ1v) is 4.83. The lowest BCUT2D eigenvalue weighted by Gasteiger charge is -2.35. The van der Waals surface area contributed by atoms with E-state index in [1.807, 2.05) is 0 Å². The van der Waals surface area contributed by atoms with Gasteiger partial charge in [-0.05, 0) is 30.6 Å². The summed E-state index contributed by atoms with van der Waals surface area (Å²) in [5, 5.41) is 9.65. The van der Waals surface area contributed by atoms with Crippen molar-refractivity contribution in [1.82, 2.24) is 0 Å². The van der Waals surface area contributed by atoms with Crippen LogP contribution in [0.4, 0.5) is 0 Å². The van der Waals surface area contributed by atoms with Crippen LogP contribution < -0.4 is 0 Å². The van der Waals surface area contributed by atoms with E-state index in [9.17, 15) is 5.11 Å². The zero-order chi connectivity index (χ0) is 8.43. The monoisotopic (exact) mass is 156 g/mol. The third-order valence-electron chi connectivity index (χ3n) is 3.36. The molecule has 0 amide bonds. The van der Waals surface area contributed by atoms with Gasteiger partial charge in [0, 0.05) is 0 Å². The van der Waals surface area contributed by atoms with Crippen LogP contribution in [0.1, 0.15) is 40.0 Å². The first kappa shape index (κ1) is 9.05. The van der Waals surface area contributed by atoms with Crippen molar-refractivity contribution in [2.45, 2.75) is 46.1 Å². The summed E-state index contributed by atoms with van der Waals surface area (Å²) in [6.45, 7) is 6.65. The molecule has 0 aromatic heterocycles. The van der Waals surface area contributed by atoms with Gasteiger partial charge in [0.25, 0.3) is 0 Å². The van der Waals surface area contributed by atoms with Crippen molar-refractivity contribution in [2.24, 2.45) is 17.8 Å². The topological polar surface area (TPSA) is 20.2 Å². The molecule has 1 fully saturated rings. The van der Waals surface area contributed by atoms with Gasteiger partial charge in [-0.15, -0.1) is 0 Å². The van der Waals surface area contributed by atoms with Gasteiger partial charge in [-0.25, -0.2) is 0 Å². The van der Waals surface area contributed by atoms with Gasteiger partial charge in [0.2, 0.25) is 0 Å². The maximum atomic E-state index is 9.65. The Morgan fingerprint density at radius 3 is 2.36 bits per heavy atom. The molecule has 0 saturated heterocycles. The van der Waals surface area contributed by atoms with Gasteiger partial charge in [0.1, 0.15) is 0 Å². The van der Waals surface area contributed by atoms with Crippen molar-refractivity contribution in [3.8, 4) is 0 Å². The van der Waals surface area contributed by atoms with Crippen molar-refractivity contribution in [2.75, 3.05) is 0 Å². The zero-order valence-electron chi connectivity index (χ0n) is 7.88. The number of aliphatic hydroxyl groups excluding tert-OH is 1. The molecule has 1 heteroatoms. The van der Waals surface area contributed by atoms with E-state index in [2.05, 4.69) is 20.8 Å². The first-order valence-electron chi connectivity index (χ1n) is 4.83. The summed E-state index contributed by atoms with van der Waals surface area (Å²) in [5.74, 6) is 2.00. The molecule has 0 aromatic rings. The molecule has 11 heavy (non-hydrogen) atoms. The van der Waals surface area contributed by atoms with Gasteiger partial charge >= 0.3 is 0 Å². The van der Waals surface area contributed by atoms with Crippen LogP contribution in [0.25, 0.3) is 0 Å². The molecule has 1 aliphatic carbocycles. The van der Waals surface area contributed by atoms with Crippen LogP contribution in [0.5, 0.6) is 0 Å². The Hall–Kier alpha value is -0.0400. The van der Waals surface area contributed by atoms with E-state index in [0.717, 1.165) is 12.3 Å². The third-order valence-corrected chi connectivity index (χ3v) is 3.36. The van der Waals surface area contributed by atoms with Crippen LogP contribution in [-0.2, 0) is 0 Å². The molecule has 0 aromatic carbocycles. The molecule has 66 valence electrons. The minimum absolute atomic E-state index is 0.0382. The number of rotatable bonds is 1. The molecule has 1 nitrogen and oxygen atoms in total. The molecule has 0 bridgehead atoms. The Labute approximate surface area is 69.8 Å². The van der Waals surface area contributed by atoms with Gasteiger partial charge < -0.3 is 5.11 Å². The minimum Gasteiger partial charge on any atom is -0.393 e. The van der Waals surface area contributed by atoms with E-state index in [0.29, 0.717) is 11.8 Å². The van der Waals surface area contributed by atoms with Gasteiger partial charge in [-0.3, -0.25) is 0 Å². The second-order valence-corrected chi connectivity index (χ2v) is 4.15. The Balaban J connectivity index is 2.47. The largest absolute Gasteiger partial charge is 0.393 e. The van der Waals surface area contributed by atoms with Crippen molar-refractivity contribution >= 4 is 0 Å². The average Bonchev–Trinajstić information content (AvgIpc) is 1.99. The molecule has 4 atom stereocenters. The molecule has 0 aliphatic heterocycles. The molecule has 1 rings (SSSR count). The van der Waals surface area contributed by atoms with Crippen LogP contribution in [0, 0.1) is 17.8 Å². The van der Waals surface area contributed by atoms with E-state index in [1.54, 1.807) is 0 Å². The number of hydrogen-bond acceptors (Lipinski definition) is 1. The lowest BCUT2D eigenvalue weighted by atomic mass is 9.73. The minimum atomic E-state index is -0.0382. The van der Waals surface area contributed by atoms with Crippen molar-refractivity contribution in [3.05, 3.63) is 0 Å². The fraction of sp³-hybridized carbons (Fsp3) is 1.00. The summed E-state index contributed by atoms with van der Waals surface area (Å²) >= 11 is 0. The quantitative estimate of drug-likeness (QED) is 0.618. The predicted molar refractivity (Wildman–Crippen MR) is 47.3 cm³/mol. The molecule has 1 saturated carbocycles. The molecular formula is C10H20O. The van der Waals surface area contributed by atoms with E-state index in [4.69, 9.17) is 0 Å². The van der Waals surface area contributed by atoms with E-state index >= 15 is 0 Å². The third kappa shape index (κ3) is 1.96. The lowest BCUT2D eigenvalue weighted by Crippen LogP contribution is -2.33. The fourth-order valence-electron chi connectivity index (χ4n) is 2.11. The molecule has 4 unspecified atom stereocenters. The number of hydrogen-bond donors (Lipinski definition) is 1. The Bertz CT molecular complexity index is 110. The summed E-state index contributed by atoms with van der Waals surface area (Å²) in [4.78, 5) is 0. The molecule has 0 spiro atoms. The second-order valence-electron chi connectivity index (χ2n) is 4.15. The van der Waals surface area contributed by atoms with Crippen LogP contribution >= 0.6 is 0 Å². The summed E-state index contributed by atoms with van der Waals surface area (Å²) in [7, 11) is 0. The van der Waals surface area contributed by atoms with Gasteiger partial charge in [-0.1, -0.05) is 27.2 Å². The number of aliphatic hydroxyl groups is 1. The summed E-state index contributed by atoms with van der Waals surface area (Å²) in [5.41, 5.74) is 0. The van der Waals surface area contributed by atoms with Crippen molar-refractivity contribution in [3.63, 3.8) is 0 Å². The Morgan fingerprint density at radius 1 is 1.27 bits per heavy atom. The van der Waals surface area contributed by atoms with Gasteiger partial charge in [0.15, 0.2) is 0 Å². The lowest BCUT2D eigenvalue weighted by molar-refractivity contribution is 0.0206. The summed E-state index contributed by atoms with van der Waals surface area (Å²) in [6, 6.07) is 0. The van der Waals surface area contributed by atoms with E-state index < -0.39 is 0 Å². The first-order chi connectivity index (χ1) is 5.15. The maximum Gasteiger partial charge on any atom is 0.0570 e. The smallest absolute Gasteiger partial charge is 0.0570 e. The summed E-state index contributed by atoms with van der Waals surface area (Å²) in [6.07, 6.45) is 3.54. The van der Waals surface area contributed by atoms with E-state index in [1.165, 1.54) is 12.8 Å². The fourth-order valence-corrected chi connectivity index (χ4v) is 2.11. The van der Waals surface area contributed by atoms with E-state index in [-0.39, 0.29) is 6.10 Å². The van der Waals surface area contributed by atoms with Crippen LogP contribution in [-0.4, -0.2) is 11.2 Å². The zero-order valence-corrected chi connectivity index (χ0v) is 7.88. The van der Waals surface area contributed by atoms with Crippen LogP contribution in [0.15, 0.2) is 0 Å². The SMILES string of the molecule is CCC1CC(C)C(C)C(O)C1. The molecule has 1 aliphatic rings. The average molecular weight is 156 g/mol. The van der Waals surface area contributed by atoms with Crippen molar-refractivity contribution in [1.29, 1.82) is 0 Å². The van der Waals surface area contributed by atoms with Gasteiger partial charge in [0.05, 0.1) is 6.10 Å². The predicted octanol–water partition coefficient (Wildman–Crippen LogP) is 2.44. The van der Waals surface area contributed by atoms with Gasteiger partial charge in [-0.2, -0.15) is 0 Å². The molecule has 0 radical (unpaired) electrons. The highest BCUT2D eigenvalue weighted by atomic mass is 16.3. The highest BCUT2D eigenvalue weighted by Crippen LogP contribution is 2.34. The second kappa shape index (κ2) is 3.57. The highest BCUT2D eigenvalue weighted by Gasteiger charge is 2.30. The Kier molecular flexibility index (Phi) is 2.94. The standard InChI is InChI=1S/C10H20O/c1-4-9-5-7(2)8(3)10(11)6-9/h7-11H,4-6H2,1-3H3. The molecule has 0 heterocycles. The maximum absolute atomic E-state index is 9.65. The molecule has 1 N–H and O–H groups in total. The highest BCUT2D eigenvalue weighted by molar-refractivity contribution is 4.80. The van der Waals surface area contributed by atoms with Crippen LogP contribution in [0.3, 0.4) is 0 Å². The Morgan fingerprint density at radius 2 is 1.91 bits per heavy atom. The normalized spacial score (nSPS) is 45.8. The molecular weight excluding hydrogens is 136 g/mol.